The summed E-state index contributed by atoms with van der Waals surface area (Å²) >= 11 is 0. The van der Waals surface area contributed by atoms with E-state index in [1.165, 1.54) is 6.07 Å². The highest BCUT2D eigenvalue weighted by Crippen LogP contribution is 2.20. The summed E-state index contributed by atoms with van der Waals surface area (Å²) in [6.07, 6.45) is 4.06. The van der Waals surface area contributed by atoms with Crippen molar-refractivity contribution in [1.29, 1.82) is 0 Å². The van der Waals surface area contributed by atoms with Gasteiger partial charge in [-0.3, -0.25) is 9.78 Å². The number of rotatable bonds is 5. The van der Waals surface area contributed by atoms with Gasteiger partial charge < -0.3 is 15.5 Å². The maximum absolute atomic E-state index is 13.7. The van der Waals surface area contributed by atoms with Gasteiger partial charge in [0.15, 0.2) is 5.96 Å². The molecule has 0 aromatic carbocycles. The normalized spacial score (nSPS) is 15.5. The fourth-order valence-electron chi connectivity index (χ4n) is 2.82. The van der Waals surface area contributed by atoms with Crippen molar-refractivity contribution in [1.82, 2.24) is 20.5 Å². The molecule has 2 N–H and O–H groups in total. The SMILES string of the molecule is CCNC(=NCc1ncccc1F)N1CCC(CC(=O)NC)CC1.I. The van der Waals surface area contributed by atoms with Crippen LogP contribution in [0, 0.1) is 11.7 Å². The number of piperidine rings is 1. The second-order valence-corrected chi connectivity index (χ2v) is 5.91. The maximum Gasteiger partial charge on any atom is 0.220 e. The summed E-state index contributed by atoms with van der Waals surface area (Å²) in [7, 11) is 1.67. The number of pyridine rings is 1. The van der Waals surface area contributed by atoms with Crippen LogP contribution in [-0.4, -0.2) is 48.4 Å². The molecule has 0 saturated carbocycles. The van der Waals surface area contributed by atoms with E-state index in [0.29, 0.717) is 18.0 Å². The van der Waals surface area contributed by atoms with E-state index in [-0.39, 0.29) is 42.2 Å². The van der Waals surface area contributed by atoms with E-state index in [1.54, 1.807) is 19.3 Å². The molecule has 1 fully saturated rings. The number of guanidine groups is 1. The van der Waals surface area contributed by atoms with Crippen molar-refractivity contribution in [2.45, 2.75) is 32.7 Å². The van der Waals surface area contributed by atoms with E-state index >= 15 is 0 Å². The van der Waals surface area contributed by atoms with Gasteiger partial charge >= 0.3 is 0 Å². The molecule has 140 valence electrons. The molecule has 0 radical (unpaired) electrons. The average Bonchev–Trinajstić information content (AvgIpc) is 2.60. The minimum Gasteiger partial charge on any atom is -0.359 e. The summed E-state index contributed by atoms with van der Waals surface area (Å²) in [5.41, 5.74) is 0.349. The summed E-state index contributed by atoms with van der Waals surface area (Å²) < 4.78 is 13.7. The molecule has 1 aromatic rings. The first-order chi connectivity index (χ1) is 11.6. The first kappa shape index (κ1) is 21.6. The number of carbonyl (C=O) groups excluding carboxylic acids is 1. The zero-order valence-electron chi connectivity index (χ0n) is 14.8. The van der Waals surface area contributed by atoms with Crippen LogP contribution >= 0.6 is 24.0 Å². The Kier molecular flexibility index (Phi) is 9.69. The van der Waals surface area contributed by atoms with Gasteiger partial charge in [0.05, 0.1) is 12.2 Å². The number of aliphatic imine (C=N–C) groups is 1. The van der Waals surface area contributed by atoms with Gasteiger partial charge in [-0.1, -0.05) is 0 Å². The molecule has 0 spiro atoms. The predicted octanol–water partition coefficient (Wildman–Crippen LogP) is 2.15. The minimum absolute atomic E-state index is 0. The standard InChI is InChI=1S/C17H26FN5O.HI/c1-3-20-17(22-12-15-14(18)5-4-8-21-15)23-9-6-13(7-10-23)11-16(24)19-2;/h4-5,8,13H,3,6-7,9-12H2,1-2H3,(H,19,24)(H,20,22);1H. The molecule has 2 heterocycles. The molecule has 6 nitrogen and oxygen atoms in total. The molecular formula is C17H27FIN5O. The first-order valence-corrected chi connectivity index (χ1v) is 8.47. The van der Waals surface area contributed by atoms with Gasteiger partial charge in [-0.05, 0) is 37.8 Å². The number of nitrogens with zero attached hydrogens (tertiary/aromatic N) is 3. The molecule has 0 bridgehead atoms. The fraction of sp³-hybridized carbons (Fsp3) is 0.588. The van der Waals surface area contributed by atoms with E-state index < -0.39 is 0 Å². The predicted molar refractivity (Wildman–Crippen MR) is 107 cm³/mol. The Balaban J connectivity index is 0.00000312. The van der Waals surface area contributed by atoms with Crippen molar-refractivity contribution in [3.8, 4) is 0 Å². The molecule has 1 aliphatic heterocycles. The first-order valence-electron chi connectivity index (χ1n) is 8.47. The molecule has 8 heteroatoms. The minimum atomic E-state index is -0.332. The van der Waals surface area contributed by atoms with Crippen LogP contribution in [0.2, 0.25) is 0 Å². The Morgan fingerprint density at radius 2 is 2.16 bits per heavy atom. The zero-order chi connectivity index (χ0) is 17.4. The van der Waals surface area contributed by atoms with Gasteiger partial charge in [0, 0.05) is 39.3 Å². The fourth-order valence-corrected chi connectivity index (χ4v) is 2.82. The van der Waals surface area contributed by atoms with Gasteiger partial charge in [-0.15, -0.1) is 24.0 Å². The van der Waals surface area contributed by atoms with E-state index in [0.717, 1.165) is 38.4 Å². The van der Waals surface area contributed by atoms with Crippen molar-refractivity contribution >= 4 is 35.8 Å². The van der Waals surface area contributed by atoms with Gasteiger partial charge in [0.1, 0.15) is 5.82 Å². The largest absolute Gasteiger partial charge is 0.359 e. The Bertz CT molecular complexity index is 576. The molecule has 0 aliphatic carbocycles. The smallest absolute Gasteiger partial charge is 0.220 e. The lowest BCUT2D eigenvalue weighted by molar-refractivity contribution is -0.121. The van der Waals surface area contributed by atoms with E-state index in [9.17, 15) is 9.18 Å². The number of carbonyl (C=O) groups is 1. The molecule has 0 unspecified atom stereocenters. The van der Waals surface area contributed by atoms with Crippen molar-refractivity contribution in [3.63, 3.8) is 0 Å². The van der Waals surface area contributed by atoms with Crippen molar-refractivity contribution in [2.24, 2.45) is 10.9 Å². The molecule has 1 aliphatic rings. The highest BCUT2D eigenvalue weighted by Gasteiger charge is 2.23. The highest BCUT2D eigenvalue weighted by molar-refractivity contribution is 14.0. The maximum atomic E-state index is 13.7. The molecular weight excluding hydrogens is 436 g/mol. The molecule has 1 aromatic heterocycles. The van der Waals surface area contributed by atoms with Crippen LogP contribution in [0.1, 0.15) is 31.9 Å². The average molecular weight is 463 g/mol. The highest BCUT2D eigenvalue weighted by atomic mass is 127. The summed E-state index contributed by atoms with van der Waals surface area (Å²) in [5, 5.41) is 5.93. The third kappa shape index (κ3) is 6.75. The van der Waals surface area contributed by atoms with Crippen LogP contribution in [0.25, 0.3) is 0 Å². The van der Waals surface area contributed by atoms with Crippen molar-refractivity contribution in [3.05, 3.63) is 29.8 Å². The van der Waals surface area contributed by atoms with E-state index in [1.807, 2.05) is 6.92 Å². The molecule has 0 atom stereocenters. The summed E-state index contributed by atoms with van der Waals surface area (Å²) in [5.74, 6) is 0.958. The summed E-state index contributed by atoms with van der Waals surface area (Å²) in [6, 6.07) is 2.97. The molecule has 2 rings (SSSR count). The summed E-state index contributed by atoms with van der Waals surface area (Å²) in [4.78, 5) is 22.2. The monoisotopic (exact) mass is 463 g/mol. The Morgan fingerprint density at radius 3 is 2.76 bits per heavy atom. The summed E-state index contributed by atoms with van der Waals surface area (Å²) in [6.45, 7) is 4.67. The van der Waals surface area contributed by atoms with E-state index in [4.69, 9.17) is 0 Å². The van der Waals surface area contributed by atoms with Gasteiger partial charge in [-0.2, -0.15) is 0 Å². The van der Waals surface area contributed by atoms with Crippen LogP contribution in [0.5, 0.6) is 0 Å². The number of aromatic nitrogens is 1. The van der Waals surface area contributed by atoms with Crippen LogP contribution < -0.4 is 10.6 Å². The van der Waals surface area contributed by atoms with Crippen LogP contribution in [0.4, 0.5) is 4.39 Å². The number of halogens is 2. The second kappa shape index (κ2) is 11.2. The topological polar surface area (TPSA) is 69.6 Å². The Morgan fingerprint density at radius 1 is 1.44 bits per heavy atom. The van der Waals surface area contributed by atoms with E-state index in [2.05, 4.69) is 25.5 Å². The van der Waals surface area contributed by atoms with Crippen molar-refractivity contribution < 1.29 is 9.18 Å². The van der Waals surface area contributed by atoms with Crippen molar-refractivity contribution in [2.75, 3.05) is 26.7 Å². The quantitative estimate of drug-likeness (QED) is 0.399. The lowest BCUT2D eigenvalue weighted by Gasteiger charge is -2.34. The lowest BCUT2D eigenvalue weighted by atomic mass is 9.93. The number of likely N-dealkylation sites (tertiary alicyclic amines) is 1. The van der Waals surface area contributed by atoms with Crippen LogP contribution in [0.3, 0.4) is 0 Å². The number of nitrogens with one attached hydrogen (secondary N) is 2. The number of amides is 1. The third-order valence-corrected chi connectivity index (χ3v) is 4.22. The Labute approximate surface area is 165 Å². The zero-order valence-corrected chi connectivity index (χ0v) is 17.1. The third-order valence-electron chi connectivity index (χ3n) is 4.22. The van der Waals surface area contributed by atoms with Gasteiger partial charge in [0.25, 0.3) is 0 Å². The Hall–Kier alpha value is -1.45. The van der Waals surface area contributed by atoms with Crippen LogP contribution in [0.15, 0.2) is 23.3 Å². The van der Waals surface area contributed by atoms with Gasteiger partial charge in [0.2, 0.25) is 5.91 Å². The molecule has 1 amide bonds. The number of hydrogen-bond donors (Lipinski definition) is 2. The van der Waals surface area contributed by atoms with Gasteiger partial charge in [-0.25, -0.2) is 9.38 Å². The molecule has 1 saturated heterocycles. The molecule has 25 heavy (non-hydrogen) atoms. The number of hydrogen-bond acceptors (Lipinski definition) is 3. The lowest BCUT2D eigenvalue weighted by Crippen LogP contribution is -2.46. The van der Waals surface area contributed by atoms with Crippen LogP contribution in [-0.2, 0) is 11.3 Å². The second-order valence-electron chi connectivity index (χ2n) is 5.91.